The van der Waals surface area contributed by atoms with Crippen LogP contribution in [0.5, 0.6) is 0 Å². The minimum absolute atomic E-state index is 0.0127. The lowest BCUT2D eigenvalue weighted by Crippen LogP contribution is -2.16. The van der Waals surface area contributed by atoms with Gasteiger partial charge < -0.3 is 20.8 Å². The van der Waals surface area contributed by atoms with Crippen LogP contribution in [0.2, 0.25) is 0 Å². The molecule has 0 aliphatic heterocycles. The highest BCUT2D eigenvalue weighted by Crippen LogP contribution is 2.21. The number of hydrogen-bond donors (Lipinski definition) is 4. The third kappa shape index (κ3) is 5.55. The number of carboxylic acids is 2. The van der Waals surface area contributed by atoms with Crippen LogP contribution in [0.1, 0.15) is 41.4 Å². The summed E-state index contributed by atoms with van der Waals surface area (Å²) < 4.78 is 0. The van der Waals surface area contributed by atoms with Gasteiger partial charge in [-0.05, 0) is 54.6 Å². The molecule has 0 radical (unpaired) electrons. The number of carboxylic acid groups (broad SMARTS) is 2. The van der Waals surface area contributed by atoms with Crippen LogP contribution < -0.4 is 10.6 Å². The van der Waals surface area contributed by atoms with Gasteiger partial charge in [-0.2, -0.15) is 0 Å². The molecule has 0 aromatic heterocycles. The molecule has 0 aliphatic carbocycles. The van der Waals surface area contributed by atoms with E-state index in [1.807, 2.05) is 0 Å². The van der Waals surface area contributed by atoms with Gasteiger partial charge in [0.1, 0.15) is 0 Å². The number of nitrogens with zero attached hydrogens (tertiary/aromatic N) is 1. The van der Waals surface area contributed by atoms with E-state index in [2.05, 4.69) is 10.6 Å². The Hall–Kier alpha value is -5.06. The molecule has 166 valence electrons. The average Bonchev–Trinajstić information content (AvgIpc) is 2.79. The maximum absolute atomic E-state index is 12.6. The number of nitro benzene ring substituents is 1. The largest absolute Gasteiger partial charge is 0.478 e. The summed E-state index contributed by atoms with van der Waals surface area (Å²) in [5.41, 5.74) is -0.300. The van der Waals surface area contributed by atoms with Crippen molar-refractivity contribution in [2.75, 3.05) is 10.6 Å². The molecule has 0 spiro atoms. The quantitative estimate of drug-likeness (QED) is 0.313. The third-order valence-corrected chi connectivity index (χ3v) is 4.43. The van der Waals surface area contributed by atoms with Crippen LogP contribution in [0.3, 0.4) is 0 Å². The van der Waals surface area contributed by atoms with E-state index in [1.54, 1.807) is 0 Å². The van der Waals surface area contributed by atoms with E-state index >= 15 is 0 Å². The third-order valence-electron chi connectivity index (χ3n) is 4.43. The lowest BCUT2D eigenvalue weighted by molar-refractivity contribution is -0.384. The Balaban J connectivity index is 1.84. The van der Waals surface area contributed by atoms with E-state index < -0.39 is 34.4 Å². The van der Waals surface area contributed by atoms with Crippen molar-refractivity contribution in [2.24, 2.45) is 0 Å². The highest BCUT2D eigenvalue weighted by atomic mass is 16.6. The minimum atomic E-state index is -1.14. The molecule has 0 saturated carbocycles. The van der Waals surface area contributed by atoms with Crippen LogP contribution in [0.25, 0.3) is 0 Å². The molecule has 3 rings (SSSR count). The molecule has 11 heteroatoms. The second kappa shape index (κ2) is 9.39. The summed E-state index contributed by atoms with van der Waals surface area (Å²) in [5.74, 6) is -3.78. The number of rotatable bonds is 7. The Morgan fingerprint density at radius 3 is 1.30 bits per heavy atom. The van der Waals surface area contributed by atoms with Gasteiger partial charge in [-0.25, -0.2) is 9.59 Å². The number of aromatic carboxylic acids is 2. The molecular weight excluding hydrogens is 434 g/mol. The summed E-state index contributed by atoms with van der Waals surface area (Å²) in [7, 11) is 0. The Kier molecular flexibility index (Phi) is 6.44. The van der Waals surface area contributed by atoms with Crippen molar-refractivity contribution in [1.82, 2.24) is 0 Å². The first-order valence-electron chi connectivity index (χ1n) is 9.23. The number of benzene rings is 3. The monoisotopic (exact) mass is 449 g/mol. The molecule has 2 amide bonds. The maximum atomic E-state index is 12.6. The van der Waals surface area contributed by atoms with E-state index in [0.29, 0.717) is 0 Å². The molecule has 0 bridgehead atoms. The average molecular weight is 449 g/mol. The summed E-state index contributed by atoms with van der Waals surface area (Å²) in [5, 5.41) is 34.1. The highest BCUT2D eigenvalue weighted by molar-refractivity contribution is 6.09. The Bertz CT molecular complexity index is 1180. The minimum Gasteiger partial charge on any atom is -0.478 e. The number of anilines is 2. The molecule has 33 heavy (non-hydrogen) atoms. The van der Waals surface area contributed by atoms with Crippen molar-refractivity contribution in [2.45, 2.75) is 0 Å². The van der Waals surface area contributed by atoms with Gasteiger partial charge in [0, 0.05) is 34.6 Å². The van der Waals surface area contributed by atoms with Crippen molar-refractivity contribution >= 4 is 40.8 Å². The number of non-ortho nitro benzene ring substituents is 1. The van der Waals surface area contributed by atoms with E-state index in [0.717, 1.165) is 18.2 Å². The van der Waals surface area contributed by atoms with Gasteiger partial charge in [-0.3, -0.25) is 19.7 Å². The predicted octanol–water partition coefficient (Wildman–Crippen LogP) is 3.50. The molecule has 0 unspecified atom stereocenters. The Morgan fingerprint density at radius 1 is 0.636 bits per heavy atom. The fraction of sp³-hybridized carbons (Fsp3) is 0. The molecule has 0 aliphatic rings. The van der Waals surface area contributed by atoms with Gasteiger partial charge in [0.05, 0.1) is 16.1 Å². The molecule has 11 nitrogen and oxygen atoms in total. The Morgan fingerprint density at radius 2 is 1.00 bits per heavy atom. The molecule has 0 heterocycles. The molecule has 0 saturated heterocycles. The molecular formula is C22H15N3O8. The number of carbonyl (C=O) groups is 4. The second-order valence-electron chi connectivity index (χ2n) is 6.70. The first-order chi connectivity index (χ1) is 15.6. The van der Waals surface area contributed by atoms with Gasteiger partial charge in [-0.1, -0.05) is 0 Å². The standard InChI is InChI=1S/C22H15N3O8/c26-19(23-16-5-1-12(2-6-16)21(28)29)14-9-15(11-18(10-14)25(32)33)20(27)24-17-7-3-13(4-8-17)22(30)31/h1-11H,(H,23,26)(H,24,27)(H,28,29)(H,30,31). The zero-order chi connectivity index (χ0) is 24.1. The lowest BCUT2D eigenvalue weighted by atomic mass is 10.1. The highest BCUT2D eigenvalue weighted by Gasteiger charge is 2.19. The van der Waals surface area contributed by atoms with E-state index in [1.165, 1.54) is 48.5 Å². The second-order valence-corrected chi connectivity index (χ2v) is 6.70. The zero-order valence-electron chi connectivity index (χ0n) is 16.6. The smallest absolute Gasteiger partial charge is 0.335 e. The van der Waals surface area contributed by atoms with Gasteiger partial charge in [0.2, 0.25) is 0 Å². The fourth-order valence-electron chi connectivity index (χ4n) is 2.78. The molecule has 3 aromatic rings. The summed E-state index contributed by atoms with van der Waals surface area (Å²) in [6, 6.07) is 13.7. The van der Waals surface area contributed by atoms with Gasteiger partial charge in [-0.15, -0.1) is 0 Å². The van der Waals surface area contributed by atoms with Crippen molar-refractivity contribution in [3.8, 4) is 0 Å². The molecule has 0 atom stereocenters. The summed E-state index contributed by atoms with van der Waals surface area (Å²) in [6.07, 6.45) is 0. The first kappa shape index (κ1) is 22.6. The normalized spacial score (nSPS) is 10.2. The van der Waals surface area contributed by atoms with Gasteiger partial charge >= 0.3 is 11.9 Å². The summed E-state index contributed by atoms with van der Waals surface area (Å²) in [4.78, 5) is 57.6. The van der Waals surface area contributed by atoms with Crippen molar-refractivity contribution < 1.29 is 34.3 Å². The van der Waals surface area contributed by atoms with Crippen LogP contribution in [-0.4, -0.2) is 38.9 Å². The van der Waals surface area contributed by atoms with Crippen LogP contribution in [0.4, 0.5) is 17.1 Å². The zero-order valence-corrected chi connectivity index (χ0v) is 16.6. The van der Waals surface area contributed by atoms with Crippen LogP contribution in [0, 0.1) is 10.1 Å². The van der Waals surface area contributed by atoms with Crippen LogP contribution >= 0.6 is 0 Å². The number of hydrogen-bond acceptors (Lipinski definition) is 6. The van der Waals surface area contributed by atoms with Crippen molar-refractivity contribution in [3.05, 3.63) is 99.1 Å². The predicted molar refractivity (Wildman–Crippen MR) is 116 cm³/mol. The summed E-state index contributed by atoms with van der Waals surface area (Å²) in [6.45, 7) is 0. The SMILES string of the molecule is O=C(O)c1ccc(NC(=O)c2cc(C(=O)Nc3ccc(C(=O)O)cc3)cc([N+](=O)[O-])c2)cc1. The molecule has 3 aromatic carbocycles. The van der Waals surface area contributed by atoms with Crippen LogP contribution in [0.15, 0.2) is 66.7 Å². The maximum Gasteiger partial charge on any atom is 0.335 e. The molecule has 4 N–H and O–H groups in total. The number of carbonyl (C=O) groups excluding carboxylic acids is 2. The number of nitro groups is 1. The van der Waals surface area contributed by atoms with Gasteiger partial charge in [0.25, 0.3) is 17.5 Å². The van der Waals surface area contributed by atoms with Crippen molar-refractivity contribution in [1.29, 1.82) is 0 Å². The Labute approximate surface area is 185 Å². The van der Waals surface area contributed by atoms with E-state index in [-0.39, 0.29) is 33.6 Å². The van der Waals surface area contributed by atoms with Crippen molar-refractivity contribution in [3.63, 3.8) is 0 Å². The first-order valence-corrected chi connectivity index (χ1v) is 9.23. The fourth-order valence-corrected chi connectivity index (χ4v) is 2.78. The van der Waals surface area contributed by atoms with Crippen LogP contribution in [-0.2, 0) is 0 Å². The topological polar surface area (TPSA) is 176 Å². The molecule has 0 fully saturated rings. The van der Waals surface area contributed by atoms with E-state index in [9.17, 15) is 29.3 Å². The van der Waals surface area contributed by atoms with E-state index in [4.69, 9.17) is 10.2 Å². The van der Waals surface area contributed by atoms with Gasteiger partial charge in [0.15, 0.2) is 0 Å². The lowest BCUT2D eigenvalue weighted by Gasteiger charge is -2.09. The number of nitrogens with one attached hydrogen (secondary N) is 2. The number of amides is 2. The summed E-state index contributed by atoms with van der Waals surface area (Å²) >= 11 is 0.